The van der Waals surface area contributed by atoms with Gasteiger partial charge in [-0.1, -0.05) is 106 Å². The molecule has 0 rings (SSSR count). The molecule has 0 heterocycles. The van der Waals surface area contributed by atoms with Gasteiger partial charge in [-0.25, -0.2) is 0 Å². The fourth-order valence-electron chi connectivity index (χ4n) is 5.12. The quantitative estimate of drug-likeness (QED) is 0.0407. The number of rotatable bonds is 32. The van der Waals surface area contributed by atoms with E-state index >= 15 is 0 Å². The SMILES string of the molecule is CC(C)[O-].CC(C)[O-].CCCCCCCC/C=C\CCCCCCC[CH2][Ti+2][CH2]CCCCCCC/C=C\CCCCCCCC. The molecular formula is C42H84O2Ti. The van der Waals surface area contributed by atoms with Crippen molar-refractivity contribution in [3.8, 4) is 0 Å². The molecule has 0 aromatic rings. The van der Waals surface area contributed by atoms with Crippen molar-refractivity contribution in [2.75, 3.05) is 0 Å². The smallest absolute Gasteiger partial charge is 0.0654 e. The average Bonchev–Trinajstić information content (AvgIpc) is 2.99. The monoisotopic (exact) mass is 669 g/mol. The molecule has 0 unspecified atom stereocenters. The molecule has 0 aliphatic heterocycles. The van der Waals surface area contributed by atoms with Crippen molar-refractivity contribution in [2.24, 2.45) is 0 Å². The molecule has 0 bridgehead atoms. The summed E-state index contributed by atoms with van der Waals surface area (Å²) in [6, 6.07) is 0. The van der Waals surface area contributed by atoms with Gasteiger partial charge in [-0.2, -0.15) is 0 Å². The number of hydrogen-bond donors (Lipinski definition) is 0. The van der Waals surface area contributed by atoms with Crippen molar-refractivity contribution in [3.05, 3.63) is 24.3 Å². The van der Waals surface area contributed by atoms with Crippen molar-refractivity contribution in [2.45, 2.75) is 243 Å². The summed E-state index contributed by atoms with van der Waals surface area (Å²) in [5, 5.41) is 19.1. The van der Waals surface area contributed by atoms with Crippen LogP contribution >= 0.6 is 0 Å². The normalized spacial score (nSPS) is 11.2. The topological polar surface area (TPSA) is 46.1 Å². The Morgan fingerprint density at radius 1 is 0.356 bits per heavy atom. The second-order valence-electron chi connectivity index (χ2n) is 13.7. The molecular weight excluding hydrogens is 584 g/mol. The van der Waals surface area contributed by atoms with Crippen LogP contribution in [0.1, 0.15) is 221 Å². The minimum Gasteiger partial charge on any atom is -0.0654 e. The molecule has 2 nitrogen and oxygen atoms in total. The van der Waals surface area contributed by atoms with Crippen molar-refractivity contribution in [3.63, 3.8) is 0 Å². The first-order valence-corrected chi connectivity index (χ1v) is 22.4. The van der Waals surface area contributed by atoms with Gasteiger partial charge in [0.05, 0.1) is 0 Å². The van der Waals surface area contributed by atoms with Crippen molar-refractivity contribution < 1.29 is 29.4 Å². The molecule has 0 fully saturated rings. The van der Waals surface area contributed by atoms with Crippen LogP contribution in [0.15, 0.2) is 24.3 Å². The summed E-state index contributed by atoms with van der Waals surface area (Å²) in [5.41, 5.74) is 0. The summed E-state index contributed by atoms with van der Waals surface area (Å²) in [6.07, 6.45) is 49.0. The molecule has 0 spiro atoms. The Kier molecular flexibility index (Phi) is 53.4. The van der Waals surface area contributed by atoms with Crippen LogP contribution in [0, 0.1) is 0 Å². The van der Waals surface area contributed by atoms with Gasteiger partial charge in [0, 0.05) is 0 Å². The van der Waals surface area contributed by atoms with Crippen molar-refractivity contribution in [1.29, 1.82) is 0 Å². The van der Waals surface area contributed by atoms with Crippen LogP contribution in [-0.2, 0) is 19.2 Å². The van der Waals surface area contributed by atoms with Crippen LogP contribution in [0.25, 0.3) is 0 Å². The minimum absolute atomic E-state index is 0.385. The minimum atomic E-state index is -0.417. The Morgan fingerprint density at radius 3 is 0.800 bits per heavy atom. The van der Waals surface area contributed by atoms with E-state index in [-0.39, 0.29) is 0 Å². The molecule has 0 atom stereocenters. The average molecular weight is 669 g/mol. The van der Waals surface area contributed by atoms with Gasteiger partial charge in [-0.3, -0.25) is 0 Å². The third-order valence-corrected chi connectivity index (χ3v) is 9.94. The van der Waals surface area contributed by atoms with Gasteiger partial charge in [0.15, 0.2) is 0 Å². The van der Waals surface area contributed by atoms with E-state index in [1.54, 1.807) is 37.1 Å². The van der Waals surface area contributed by atoms with Crippen LogP contribution < -0.4 is 10.2 Å². The van der Waals surface area contributed by atoms with E-state index in [9.17, 15) is 10.2 Å². The first-order valence-electron chi connectivity index (χ1n) is 20.2. The molecule has 0 aromatic carbocycles. The van der Waals surface area contributed by atoms with E-state index in [0.29, 0.717) is 19.2 Å². The summed E-state index contributed by atoms with van der Waals surface area (Å²) in [4.78, 5) is 0. The number of allylic oxidation sites excluding steroid dienone is 4. The molecule has 0 N–H and O–H groups in total. The van der Waals surface area contributed by atoms with E-state index in [0.717, 1.165) is 0 Å². The Balaban J connectivity index is -0.00000195. The molecule has 0 saturated carbocycles. The summed E-state index contributed by atoms with van der Waals surface area (Å²) >= 11 is 0.385. The molecule has 0 aliphatic carbocycles. The Bertz CT molecular complexity index is 477. The number of unbranched alkanes of at least 4 members (excludes halogenated alkanes) is 24. The molecule has 268 valence electrons. The van der Waals surface area contributed by atoms with Gasteiger partial charge < -0.3 is 10.2 Å². The molecule has 0 saturated heterocycles. The van der Waals surface area contributed by atoms with Gasteiger partial charge in [0.25, 0.3) is 0 Å². The molecule has 0 amide bonds. The van der Waals surface area contributed by atoms with E-state index < -0.39 is 12.2 Å². The van der Waals surface area contributed by atoms with Crippen molar-refractivity contribution >= 4 is 0 Å². The summed E-state index contributed by atoms with van der Waals surface area (Å²) in [5.74, 6) is 0. The zero-order valence-corrected chi connectivity index (χ0v) is 33.6. The Hall–Kier alpha value is 0.114. The second-order valence-corrected chi connectivity index (χ2v) is 16.1. The number of hydrogen-bond acceptors (Lipinski definition) is 2. The first-order chi connectivity index (χ1) is 21.9. The van der Waals surface area contributed by atoms with E-state index in [4.69, 9.17) is 0 Å². The van der Waals surface area contributed by atoms with Crippen LogP contribution in [0.5, 0.6) is 0 Å². The zero-order chi connectivity index (χ0) is 33.9. The standard InChI is InChI=1S/2C18H35.2C3H7O.Ti/c2*1-3-5-7-9-11-13-15-17-18-16-14-12-10-8-6-4-2;2*1-3(2)4;/h2*17-18H,1,3-16H2,2H3;2*3H,1-2H3;/q;;2*-1;+2/b2*18-17-;;;. The Labute approximate surface area is 295 Å². The van der Waals surface area contributed by atoms with Crippen molar-refractivity contribution in [1.82, 2.24) is 0 Å². The molecule has 0 aromatic heterocycles. The van der Waals surface area contributed by atoms with Gasteiger partial charge in [0.2, 0.25) is 0 Å². The maximum absolute atomic E-state index is 9.53. The van der Waals surface area contributed by atoms with E-state index in [1.165, 1.54) is 180 Å². The van der Waals surface area contributed by atoms with E-state index in [1.807, 2.05) is 0 Å². The summed E-state index contributed by atoms with van der Waals surface area (Å²) in [6.45, 7) is 11.0. The predicted octanol–water partition coefficient (Wildman–Crippen LogP) is 13.5. The van der Waals surface area contributed by atoms with Gasteiger partial charge in [-0.05, 0) is 0 Å². The van der Waals surface area contributed by atoms with Gasteiger partial charge in [-0.15, -0.1) is 12.2 Å². The Morgan fingerprint density at radius 2 is 0.556 bits per heavy atom. The van der Waals surface area contributed by atoms with Crippen LogP contribution in [0.4, 0.5) is 0 Å². The third kappa shape index (κ3) is 67.2. The molecule has 3 heteroatoms. The van der Waals surface area contributed by atoms with Gasteiger partial charge >= 0.3 is 168 Å². The fraction of sp³-hybridized carbons (Fsp3) is 0.905. The summed E-state index contributed by atoms with van der Waals surface area (Å²) < 4.78 is 3.21. The second kappa shape index (κ2) is 48.5. The fourth-order valence-corrected chi connectivity index (χ4v) is 7.07. The van der Waals surface area contributed by atoms with E-state index in [2.05, 4.69) is 38.2 Å². The molecule has 0 aliphatic rings. The first kappa shape index (κ1) is 49.5. The maximum atomic E-state index is 9.53. The van der Waals surface area contributed by atoms with Crippen LogP contribution in [0.3, 0.4) is 0 Å². The predicted molar refractivity (Wildman–Crippen MR) is 199 cm³/mol. The zero-order valence-electron chi connectivity index (χ0n) is 32.0. The molecule has 0 radical (unpaired) electrons. The summed E-state index contributed by atoms with van der Waals surface area (Å²) in [7, 11) is 0. The van der Waals surface area contributed by atoms with Crippen LogP contribution in [0.2, 0.25) is 9.45 Å². The molecule has 45 heavy (non-hydrogen) atoms. The third-order valence-electron chi connectivity index (χ3n) is 7.73. The van der Waals surface area contributed by atoms with Crippen LogP contribution in [-0.4, -0.2) is 12.2 Å². The van der Waals surface area contributed by atoms with Gasteiger partial charge in [0.1, 0.15) is 0 Å².